The van der Waals surface area contributed by atoms with Crippen LogP contribution in [0.4, 0.5) is 4.79 Å². The maximum Gasteiger partial charge on any atom is 0.317 e. The minimum atomic E-state index is -0.250. The molecule has 0 aliphatic heterocycles. The topological polar surface area (TPSA) is 96.7 Å². The lowest BCUT2D eigenvalue weighted by molar-refractivity contribution is -0.122. The summed E-state index contributed by atoms with van der Waals surface area (Å²) in [5.74, 6) is 0.862. The first-order valence-corrected chi connectivity index (χ1v) is 8.28. The summed E-state index contributed by atoms with van der Waals surface area (Å²) < 4.78 is 7.37. The lowest BCUT2D eigenvalue weighted by Gasteiger charge is -2.24. The Bertz CT molecular complexity index is 727. The predicted molar refractivity (Wildman–Crippen MR) is 100.0 cm³/mol. The highest BCUT2D eigenvalue weighted by Crippen LogP contribution is 2.15. The summed E-state index contributed by atoms with van der Waals surface area (Å²) in [6, 6.07) is 7.85. The molecule has 1 aromatic carbocycles. The number of rotatable bonds is 6. The fraction of sp³-hybridized carbons (Fsp3) is 0.500. The molecule has 0 aliphatic carbocycles. The van der Waals surface area contributed by atoms with E-state index in [9.17, 15) is 4.79 Å². The Morgan fingerprint density at radius 2 is 2.04 bits per heavy atom. The van der Waals surface area contributed by atoms with Crippen molar-refractivity contribution in [1.82, 2.24) is 19.8 Å². The second kappa shape index (κ2) is 9.76. The van der Waals surface area contributed by atoms with Crippen molar-refractivity contribution >= 4 is 23.5 Å². The van der Waals surface area contributed by atoms with Crippen LogP contribution in [0.5, 0.6) is 0 Å². The van der Waals surface area contributed by atoms with Crippen molar-refractivity contribution < 1.29 is 19.4 Å². The van der Waals surface area contributed by atoms with Crippen LogP contribution in [0.3, 0.4) is 0 Å². The van der Waals surface area contributed by atoms with Gasteiger partial charge in [0.15, 0.2) is 0 Å². The number of benzene rings is 1. The zero-order valence-corrected chi connectivity index (χ0v) is 16.0. The van der Waals surface area contributed by atoms with E-state index in [-0.39, 0.29) is 18.1 Å². The van der Waals surface area contributed by atoms with E-state index in [0.29, 0.717) is 13.1 Å². The molecule has 2 N–H and O–H groups in total. The highest BCUT2D eigenvalue weighted by molar-refractivity contribution is 5.76. The minimum absolute atomic E-state index is 0.107. The molecule has 0 saturated carbocycles. The number of carbonyl (C=O) groups excluding carboxylic acids is 1. The van der Waals surface area contributed by atoms with Crippen LogP contribution in [-0.2, 0) is 23.1 Å². The molecular formula is C18H28N4O4. The number of aryl methyl sites for hydroxylation is 1. The van der Waals surface area contributed by atoms with Crippen LogP contribution >= 0.6 is 0 Å². The quantitative estimate of drug-likeness (QED) is 0.766. The first kappa shape index (κ1) is 21.4. The van der Waals surface area contributed by atoms with Gasteiger partial charge >= 0.3 is 6.03 Å². The molecule has 26 heavy (non-hydrogen) atoms. The van der Waals surface area contributed by atoms with E-state index < -0.39 is 0 Å². The van der Waals surface area contributed by atoms with Crippen molar-refractivity contribution in [3.63, 3.8) is 0 Å². The molecule has 0 aliphatic rings. The summed E-state index contributed by atoms with van der Waals surface area (Å²) in [6.45, 7) is 4.79. The van der Waals surface area contributed by atoms with Crippen molar-refractivity contribution in [3.8, 4) is 0 Å². The second-order valence-electron chi connectivity index (χ2n) is 6.48. The van der Waals surface area contributed by atoms with E-state index in [1.807, 2.05) is 49.7 Å². The summed E-state index contributed by atoms with van der Waals surface area (Å²) in [7, 11) is 5.42. The van der Waals surface area contributed by atoms with Gasteiger partial charge in [-0.2, -0.15) is 0 Å². The van der Waals surface area contributed by atoms with Crippen molar-refractivity contribution in [3.05, 3.63) is 30.1 Å². The predicted octanol–water partition coefficient (Wildman–Crippen LogP) is 2.23. The van der Waals surface area contributed by atoms with Crippen molar-refractivity contribution in [1.29, 1.82) is 0 Å². The molecule has 0 atom stereocenters. The van der Waals surface area contributed by atoms with Crippen LogP contribution < -0.4 is 5.32 Å². The number of imidazole rings is 1. The van der Waals surface area contributed by atoms with Gasteiger partial charge in [0.2, 0.25) is 0 Å². The second-order valence-corrected chi connectivity index (χ2v) is 6.48. The number of hydrogen-bond donors (Lipinski definition) is 2. The van der Waals surface area contributed by atoms with Crippen LogP contribution in [0.2, 0.25) is 0 Å². The molecule has 0 saturated heterocycles. The third-order valence-electron chi connectivity index (χ3n) is 4.16. The number of carboxylic acid groups (broad SMARTS) is 1. The Morgan fingerprint density at radius 1 is 1.42 bits per heavy atom. The van der Waals surface area contributed by atoms with Gasteiger partial charge < -0.3 is 24.6 Å². The van der Waals surface area contributed by atoms with E-state index in [1.165, 1.54) is 0 Å². The Labute approximate surface area is 153 Å². The van der Waals surface area contributed by atoms with Gasteiger partial charge in [-0.25, -0.2) is 9.78 Å². The van der Waals surface area contributed by atoms with Gasteiger partial charge in [0, 0.05) is 27.7 Å². The number of nitrogens with one attached hydrogen (secondary N) is 1. The lowest BCUT2D eigenvalue weighted by atomic mass is 10.1. The molecule has 0 bridgehead atoms. The number of hydrogen-bond acceptors (Lipinski definition) is 4. The number of fused-ring (bicyclic) bond motifs is 1. The summed E-state index contributed by atoms with van der Waals surface area (Å²) >= 11 is 0. The van der Waals surface area contributed by atoms with Crippen LogP contribution in [0.25, 0.3) is 11.0 Å². The van der Waals surface area contributed by atoms with Gasteiger partial charge in [-0.05, 0) is 32.4 Å². The Balaban J connectivity index is 0.00000105. The third-order valence-corrected chi connectivity index (χ3v) is 4.16. The maximum absolute atomic E-state index is 12.2. The van der Waals surface area contributed by atoms with Crippen LogP contribution in [0, 0.1) is 0 Å². The average molecular weight is 364 g/mol. The molecule has 0 spiro atoms. The zero-order chi connectivity index (χ0) is 19.7. The molecule has 144 valence electrons. The SMILES string of the molecule is COC(C)(C)CCNC(=O)N(C)Cc1nc2ccccc2n1C.O=CO. The molecule has 8 nitrogen and oxygen atoms in total. The highest BCUT2D eigenvalue weighted by Gasteiger charge is 2.18. The number of amides is 2. The minimum Gasteiger partial charge on any atom is -0.483 e. The summed E-state index contributed by atoms with van der Waals surface area (Å²) in [4.78, 5) is 26.8. The van der Waals surface area contributed by atoms with Gasteiger partial charge in [-0.1, -0.05) is 12.1 Å². The molecule has 1 aromatic heterocycles. The summed E-state index contributed by atoms with van der Waals surface area (Å²) in [5.41, 5.74) is 1.78. The van der Waals surface area contributed by atoms with Crippen LogP contribution in [0.15, 0.2) is 24.3 Å². The number of nitrogens with zero attached hydrogens (tertiary/aromatic N) is 3. The normalized spacial score (nSPS) is 10.8. The van der Waals surface area contributed by atoms with Gasteiger partial charge in [0.05, 0.1) is 23.2 Å². The van der Waals surface area contributed by atoms with Gasteiger partial charge in [0.1, 0.15) is 5.82 Å². The monoisotopic (exact) mass is 364 g/mol. The number of methoxy groups -OCH3 is 1. The van der Waals surface area contributed by atoms with Gasteiger partial charge in [0.25, 0.3) is 6.47 Å². The molecular weight excluding hydrogens is 336 g/mol. The summed E-state index contributed by atoms with van der Waals surface area (Å²) in [5, 5.41) is 9.81. The Kier molecular flexibility index (Phi) is 8.05. The molecule has 2 amide bonds. The Hall–Kier alpha value is -2.61. The maximum atomic E-state index is 12.2. The van der Waals surface area contributed by atoms with E-state index in [1.54, 1.807) is 19.1 Å². The molecule has 2 aromatic rings. The highest BCUT2D eigenvalue weighted by atomic mass is 16.5. The van der Waals surface area contributed by atoms with E-state index in [4.69, 9.17) is 14.6 Å². The Morgan fingerprint density at radius 3 is 2.62 bits per heavy atom. The van der Waals surface area contributed by atoms with Crippen molar-refractivity contribution in [2.75, 3.05) is 20.7 Å². The fourth-order valence-electron chi connectivity index (χ4n) is 2.33. The summed E-state index contributed by atoms with van der Waals surface area (Å²) in [6.07, 6.45) is 0.759. The fourth-order valence-corrected chi connectivity index (χ4v) is 2.33. The molecule has 8 heteroatoms. The van der Waals surface area contributed by atoms with Crippen molar-refractivity contribution in [2.45, 2.75) is 32.4 Å². The van der Waals surface area contributed by atoms with E-state index in [0.717, 1.165) is 23.3 Å². The number of urea groups is 1. The van der Waals surface area contributed by atoms with Crippen LogP contribution in [0.1, 0.15) is 26.1 Å². The van der Waals surface area contributed by atoms with E-state index in [2.05, 4.69) is 10.3 Å². The number of ether oxygens (including phenoxy) is 1. The first-order valence-electron chi connectivity index (χ1n) is 8.28. The third kappa shape index (κ3) is 6.03. The lowest BCUT2D eigenvalue weighted by Crippen LogP contribution is -2.39. The molecule has 0 radical (unpaired) electrons. The standard InChI is InChI=1S/C17H26N4O2.CH2O2/c1-17(2,23-5)10-11-18-16(22)20(3)12-15-19-13-8-6-7-9-14(13)21(15)4;2-1-3/h6-9H,10-12H2,1-5H3,(H,18,22);1H,(H,2,3). The molecule has 1 heterocycles. The largest absolute Gasteiger partial charge is 0.483 e. The molecule has 0 unspecified atom stereocenters. The molecule has 2 rings (SSSR count). The number of carbonyl (C=O) groups is 2. The van der Waals surface area contributed by atoms with Crippen LogP contribution in [-0.4, -0.2) is 58.4 Å². The number of aromatic nitrogens is 2. The van der Waals surface area contributed by atoms with Gasteiger partial charge in [-0.15, -0.1) is 0 Å². The first-order chi connectivity index (χ1) is 12.3. The van der Waals surface area contributed by atoms with Gasteiger partial charge in [-0.3, -0.25) is 4.79 Å². The molecule has 0 fully saturated rings. The van der Waals surface area contributed by atoms with Crippen molar-refractivity contribution in [2.24, 2.45) is 7.05 Å². The smallest absolute Gasteiger partial charge is 0.317 e. The van der Waals surface area contributed by atoms with E-state index >= 15 is 0 Å². The average Bonchev–Trinajstić information content (AvgIpc) is 2.91. The number of para-hydroxylation sites is 2. The zero-order valence-electron chi connectivity index (χ0n) is 16.0.